The van der Waals surface area contributed by atoms with Crippen LogP contribution in [0, 0.1) is 0 Å². The van der Waals surface area contributed by atoms with E-state index in [0.29, 0.717) is 12.6 Å². The van der Waals surface area contributed by atoms with Gasteiger partial charge >= 0.3 is 0 Å². The molecule has 1 aromatic rings. The van der Waals surface area contributed by atoms with E-state index in [1.807, 2.05) is 6.92 Å². The van der Waals surface area contributed by atoms with Crippen LogP contribution in [0.3, 0.4) is 0 Å². The number of ether oxygens (including phenoxy) is 1. The maximum atomic E-state index is 6.02. The molecule has 6 heteroatoms. The van der Waals surface area contributed by atoms with Gasteiger partial charge in [-0.3, -0.25) is 0 Å². The largest absolute Gasteiger partial charge is 0.369 e. The Bertz CT molecular complexity index is 515. The first-order valence-electron chi connectivity index (χ1n) is 7.90. The summed E-state index contributed by atoms with van der Waals surface area (Å²) in [5.74, 6) is 1.37. The van der Waals surface area contributed by atoms with E-state index in [9.17, 15) is 0 Å². The van der Waals surface area contributed by atoms with Crippen LogP contribution in [0.25, 0.3) is 0 Å². The number of nitrogens with two attached hydrogens (primary N) is 1. The highest BCUT2D eigenvalue weighted by atomic mass is 16.5. The summed E-state index contributed by atoms with van der Waals surface area (Å²) in [5, 5.41) is 3.37. The highest BCUT2D eigenvalue weighted by Gasteiger charge is 2.37. The van der Waals surface area contributed by atoms with Crippen LogP contribution in [-0.2, 0) is 16.8 Å². The number of nitrogens with zero attached hydrogens (tertiary/aromatic N) is 3. The van der Waals surface area contributed by atoms with Gasteiger partial charge in [0.2, 0.25) is 5.95 Å². The van der Waals surface area contributed by atoms with Crippen molar-refractivity contribution in [2.75, 3.05) is 43.4 Å². The Kier molecular flexibility index (Phi) is 3.99. The molecule has 1 aromatic heterocycles. The molecule has 1 fully saturated rings. The van der Waals surface area contributed by atoms with Gasteiger partial charge in [0.25, 0.3) is 0 Å². The lowest BCUT2D eigenvalue weighted by molar-refractivity contribution is -0.0452. The smallest absolute Gasteiger partial charge is 0.222 e. The van der Waals surface area contributed by atoms with Crippen LogP contribution in [0.4, 0.5) is 11.8 Å². The number of nitrogens with one attached hydrogen (secondary N) is 1. The number of nitrogen functional groups attached to an aromatic ring is 1. The van der Waals surface area contributed by atoms with Crippen molar-refractivity contribution >= 4 is 11.8 Å². The Morgan fingerprint density at radius 2 is 2.10 bits per heavy atom. The van der Waals surface area contributed by atoms with Gasteiger partial charge in [0, 0.05) is 38.3 Å². The number of anilines is 2. The first kappa shape index (κ1) is 14.5. The number of hydrogen-bond donors (Lipinski definition) is 2. The van der Waals surface area contributed by atoms with Gasteiger partial charge in [0.05, 0.1) is 5.69 Å². The molecular weight excluding hydrogens is 266 g/mol. The third kappa shape index (κ3) is 2.70. The van der Waals surface area contributed by atoms with Gasteiger partial charge < -0.3 is 20.7 Å². The molecule has 2 aliphatic rings. The topological polar surface area (TPSA) is 76.3 Å². The molecule has 0 aromatic carbocycles. The predicted octanol–water partition coefficient (Wildman–Crippen LogP) is 1.06. The maximum absolute atomic E-state index is 6.02. The van der Waals surface area contributed by atoms with Crippen LogP contribution in [-0.4, -0.2) is 42.8 Å². The molecule has 3 rings (SSSR count). The molecule has 1 saturated heterocycles. The number of hydrogen-bond acceptors (Lipinski definition) is 6. The van der Waals surface area contributed by atoms with E-state index in [1.54, 1.807) is 0 Å². The number of rotatable bonds is 3. The summed E-state index contributed by atoms with van der Waals surface area (Å²) in [6.07, 6.45) is 3.11. The van der Waals surface area contributed by atoms with E-state index in [4.69, 9.17) is 10.5 Å². The number of piperazine rings is 1. The van der Waals surface area contributed by atoms with Crippen LogP contribution in [0.1, 0.15) is 37.9 Å². The van der Waals surface area contributed by atoms with Gasteiger partial charge in [0.15, 0.2) is 0 Å². The van der Waals surface area contributed by atoms with Crippen LogP contribution >= 0.6 is 0 Å². The van der Waals surface area contributed by atoms with Crippen LogP contribution in [0.2, 0.25) is 0 Å². The third-order valence-electron chi connectivity index (χ3n) is 4.46. The van der Waals surface area contributed by atoms with Crippen LogP contribution in [0.5, 0.6) is 0 Å². The lowest BCUT2D eigenvalue weighted by Crippen LogP contribution is -2.45. The first-order chi connectivity index (χ1) is 10.1. The van der Waals surface area contributed by atoms with Gasteiger partial charge in [-0.2, -0.15) is 4.98 Å². The fourth-order valence-electron chi connectivity index (χ4n) is 3.47. The van der Waals surface area contributed by atoms with Crippen molar-refractivity contribution in [3.63, 3.8) is 0 Å². The molecule has 1 atom stereocenters. The monoisotopic (exact) mass is 291 g/mol. The summed E-state index contributed by atoms with van der Waals surface area (Å²) < 4.78 is 6.02. The summed E-state index contributed by atoms with van der Waals surface area (Å²) in [7, 11) is 0. The highest BCUT2D eigenvalue weighted by Crippen LogP contribution is 2.40. The van der Waals surface area contributed by atoms with Gasteiger partial charge in [0.1, 0.15) is 11.4 Å². The van der Waals surface area contributed by atoms with E-state index >= 15 is 0 Å². The minimum Gasteiger partial charge on any atom is -0.369 e. The Morgan fingerprint density at radius 1 is 1.33 bits per heavy atom. The average Bonchev–Trinajstić information content (AvgIpc) is 2.49. The van der Waals surface area contributed by atoms with Crippen molar-refractivity contribution in [3.05, 3.63) is 11.3 Å². The zero-order valence-corrected chi connectivity index (χ0v) is 13.0. The second-order valence-corrected chi connectivity index (χ2v) is 5.99. The molecule has 0 radical (unpaired) electrons. The molecule has 1 aliphatic carbocycles. The van der Waals surface area contributed by atoms with Crippen LogP contribution < -0.4 is 16.0 Å². The molecule has 3 N–H and O–H groups in total. The molecule has 1 aliphatic heterocycles. The Hall–Kier alpha value is -1.40. The lowest BCUT2D eigenvalue weighted by Gasteiger charge is -2.37. The fraction of sp³-hybridized carbons (Fsp3) is 0.733. The lowest BCUT2D eigenvalue weighted by atomic mass is 9.83. The van der Waals surface area contributed by atoms with Crippen LogP contribution in [0.15, 0.2) is 0 Å². The molecule has 116 valence electrons. The zero-order chi connectivity index (χ0) is 14.9. The van der Waals surface area contributed by atoms with Crippen molar-refractivity contribution < 1.29 is 4.74 Å². The fourth-order valence-corrected chi connectivity index (χ4v) is 3.47. The number of aromatic nitrogens is 2. The second kappa shape index (κ2) is 5.77. The van der Waals surface area contributed by atoms with E-state index in [2.05, 4.69) is 27.1 Å². The quantitative estimate of drug-likeness (QED) is 0.867. The Morgan fingerprint density at radius 3 is 2.81 bits per heavy atom. The highest BCUT2D eigenvalue weighted by molar-refractivity contribution is 5.54. The molecule has 6 nitrogen and oxygen atoms in total. The molecule has 0 spiro atoms. The summed E-state index contributed by atoms with van der Waals surface area (Å²) in [6.45, 7) is 8.75. The minimum absolute atomic E-state index is 0.331. The van der Waals surface area contributed by atoms with Gasteiger partial charge in [-0.05, 0) is 33.1 Å². The molecule has 2 heterocycles. The van der Waals surface area contributed by atoms with Crippen molar-refractivity contribution in [2.45, 2.75) is 38.7 Å². The summed E-state index contributed by atoms with van der Waals surface area (Å²) >= 11 is 0. The Labute approximate surface area is 126 Å². The standard InChI is InChI=1S/C15H25N5O/c1-3-21-15(2)6-4-5-11-12(15)18-14(16)19-13(11)20-9-7-17-8-10-20/h17H,3-10H2,1-2H3,(H2,16,18,19). The summed E-state index contributed by atoms with van der Waals surface area (Å²) in [4.78, 5) is 11.4. The SMILES string of the molecule is CCOC1(C)CCCc2c(N3CCNCC3)nc(N)nc21. The van der Waals surface area contributed by atoms with Crippen molar-refractivity contribution in [3.8, 4) is 0 Å². The second-order valence-electron chi connectivity index (χ2n) is 5.99. The molecule has 21 heavy (non-hydrogen) atoms. The minimum atomic E-state index is -0.331. The van der Waals surface area contributed by atoms with E-state index in [0.717, 1.165) is 57.0 Å². The van der Waals surface area contributed by atoms with Crippen molar-refractivity contribution in [1.82, 2.24) is 15.3 Å². The molecule has 0 bridgehead atoms. The number of fused-ring (bicyclic) bond motifs is 1. The van der Waals surface area contributed by atoms with Gasteiger partial charge in [-0.25, -0.2) is 4.98 Å². The normalized spacial score (nSPS) is 25.7. The zero-order valence-electron chi connectivity index (χ0n) is 13.0. The molecule has 0 amide bonds. The average molecular weight is 291 g/mol. The van der Waals surface area contributed by atoms with Crippen molar-refractivity contribution in [2.24, 2.45) is 0 Å². The van der Waals surface area contributed by atoms with Crippen molar-refractivity contribution in [1.29, 1.82) is 0 Å². The van der Waals surface area contributed by atoms with E-state index in [-0.39, 0.29) is 5.60 Å². The molecular formula is C15H25N5O. The van der Waals surface area contributed by atoms with E-state index in [1.165, 1.54) is 5.56 Å². The summed E-state index contributed by atoms with van der Waals surface area (Å²) in [5.41, 5.74) is 7.88. The first-order valence-corrected chi connectivity index (χ1v) is 7.90. The van der Waals surface area contributed by atoms with Gasteiger partial charge in [-0.1, -0.05) is 0 Å². The predicted molar refractivity (Wildman–Crippen MR) is 83.4 cm³/mol. The summed E-state index contributed by atoms with van der Waals surface area (Å²) in [6, 6.07) is 0. The van der Waals surface area contributed by atoms with Gasteiger partial charge in [-0.15, -0.1) is 0 Å². The maximum Gasteiger partial charge on any atom is 0.222 e. The van der Waals surface area contributed by atoms with E-state index < -0.39 is 0 Å². The third-order valence-corrected chi connectivity index (χ3v) is 4.46. The molecule has 1 unspecified atom stereocenters. The Balaban J connectivity index is 2.04. The molecule has 0 saturated carbocycles.